The van der Waals surface area contributed by atoms with Crippen molar-refractivity contribution >= 4 is 34.2 Å². The number of nitrogens with one attached hydrogen (secondary N) is 1. The predicted molar refractivity (Wildman–Crippen MR) is 102 cm³/mol. The lowest BCUT2D eigenvalue weighted by Gasteiger charge is -2.13. The fraction of sp³-hybridized carbons (Fsp3) is 0.350. The van der Waals surface area contributed by atoms with Crippen molar-refractivity contribution in [3.05, 3.63) is 51.9 Å². The SMILES string of the molecule is CC(=O)Nc1sc2c(c1C(=O)OCCOC(=O)c1ccccc1)CCCC2. The predicted octanol–water partition coefficient (Wildman–Crippen LogP) is 3.60. The molecule has 0 atom stereocenters. The molecular formula is C20H21NO5S. The average molecular weight is 387 g/mol. The lowest BCUT2D eigenvalue weighted by atomic mass is 9.95. The molecule has 1 heterocycles. The lowest BCUT2D eigenvalue weighted by Crippen LogP contribution is -2.17. The molecule has 1 N–H and O–H groups in total. The molecule has 0 spiro atoms. The molecule has 6 nitrogen and oxygen atoms in total. The minimum absolute atomic E-state index is 0.0265. The first-order valence-electron chi connectivity index (χ1n) is 8.87. The summed E-state index contributed by atoms with van der Waals surface area (Å²) in [6, 6.07) is 8.63. The largest absolute Gasteiger partial charge is 0.458 e. The van der Waals surface area contributed by atoms with Gasteiger partial charge < -0.3 is 14.8 Å². The van der Waals surface area contributed by atoms with E-state index in [1.807, 2.05) is 6.07 Å². The first kappa shape index (κ1) is 19.1. The van der Waals surface area contributed by atoms with Gasteiger partial charge in [-0.15, -0.1) is 11.3 Å². The molecule has 142 valence electrons. The Kier molecular flexibility index (Phi) is 6.24. The van der Waals surface area contributed by atoms with Gasteiger partial charge in [0.2, 0.25) is 5.91 Å². The zero-order valence-corrected chi connectivity index (χ0v) is 15.9. The van der Waals surface area contributed by atoms with E-state index < -0.39 is 11.9 Å². The number of thiophene rings is 1. The summed E-state index contributed by atoms with van der Waals surface area (Å²) in [5.41, 5.74) is 1.87. The Bertz CT molecular complexity index is 844. The Morgan fingerprint density at radius 1 is 1.00 bits per heavy atom. The molecule has 3 rings (SSSR count). The maximum Gasteiger partial charge on any atom is 0.341 e. The van der Waals surface area contributed by atoms with Crippen LogP contribution in [0, 0.1) is 0 Å². The van der Waals surface area contributed by atoms with Crippen LogP contribution < -0.4 is 5.32 Å². The Morgan fingerprint density at radius 2 is 1.67 bits per heavy atom. The summed E-state index contributed by atoms with van der Waals surface area (Å²) in [5.74, 6) is -1.17. The van der Waals surface area contributed by atoms with E-state index in [4.69, 9.17) is 9.47 Å². The van der Waals surface area contributed by atoms with Crippen LogP contribution in [-0.2, 0) is 27.1 Å². The van der Waals surface area contributed by atoms with Crippen LogP contribution in [0.3, 0.4) is 0 Å². The van der Waals surface area contributed by atoms with Crippen molar-refractivity contribution < 1.29 is 23.9 Å². The maximum atomic E-state index is 12.6. The average Bonchev–Trinajstić information content (AvgIpc) is 3.02. The summed E-state index contributed by atoms with van der Waals surface area (Å²) < 4.78 is 10.4. The third-order valence-corrected chi connectivity index (χ3v) is 5.43. The lowest BCUT2D eigenvalue weighted by molar-refractivity contribution is -0.114. The van der Waals surface area contributed by atoms with E-state index >= 15 is 0 Å². The summed E-state index contributed by atoms with van der Waals surface area (Å²) in [6.45, 7) is 1.35. The smallest absolute Gasteiger partial charge is 0.341 e. The van der Waals surface area contributed by atoms with Gasteiger partial charge in [0.25, 0.3) is 0 Å². The highest BCUT2D eigenvalue weighted by atomic mass is 32.1. The number of carbonyl (C=O) groups excluding carboxylic acids is 3. The number of carbonyl (C=O) groups is 3. The number of anilines is 1. The van der Waals surface area contributed by atoms with Crippen molar-refractivity contribution in [1.29, 1.82) is 0 Å². The van der Waals surface area contributed by atoms with E-state index in [-0.39, 0.29) is 19.1 Å². The molecule has 0 aliphatic heterocycles. The van der Waals surface area contributed by atoms with E-state index in [2.05, 4.69) is 5.32 Å². The maximum absolute atomic E-state index is 12.6. The van der Waals surface area contributed by atoms with Crippen LogP contribution in [0.15, 0.2) is 30.3 Å². The van der Waals surface area contributed by atoms with Crippen LogP contribution in [0.2, 0.25) is 0 Å². The summed E-state index contributed by atoms with van der Waals surface area (Å²) in [4.78, 5) is 37.1. The second-order valence-electron chi connectivity index (χ2n) is 6.23. The highest BCUT2D eigenvalue weighted by molar-refractivity contribution is 7.17. The minimum atomic E-state index is -0.492. The fourth-order valence-corrected chi connectivity index (χ4v) is 4.35. The van der Waals surface area contributed by atoms with Crippen molar-refractivity contribution in [1.82, 2.24) is 0 Å². The number of fused-ring (bicyclic) bond motifs is 1. The zero-order valence-electron chi connectivity index (χ0n) is 15.1. The standard InChI is InChI=1S/C20H21NO5S/c1-13(22)21-18-17(15-9-5-6-10-16(15)27-18)20(24)26-12-11-25-19(23)14-7-3-2-4-8-14/h2-4,7-8H,5-6,9-12H2,1H3,(H,21,22). The van der Waals surface area contributed by atoms with Gasteiger partial charge in [0.1, 0.15) is 18.2 Å². The summed E-state index contributed by atoms with van der Waals surface area (Å²) in [6.07, 6.45) is 3.81. The normalized spacial score (nSPS) is 12.8. The molecule has 0 fully saturated rings. The van der Waals surface area contributed by atoms with Gasteiger partial charge >= 0.3 is 11.9 Å². The number of amides is 1. The zero-order chi connectivity index (χ0) is 19.2. The number of rotatable bonds is 6. The van der Waals surface area contributed by atoms with Crippen LogP contribution >= 0.6 is 11.3 Å². The molecule has 7 heteroatoms. The van der Waals surface area contributed by atoms with Crippen molar-refractivity contribution in [2.75, 3.05) is 18.5 Å². The van der Waals surface area contributed by atoms with Crippen molar-refractivity contribution in [3.63, 3.8) is 0 Å². The Morgan fingerprint density at radius 3 is 2.37 bits per heavy atom. The quantitative estimate of drug-likeness (QED) is 0.605. The molecule has 0 radical (unpaired) electrons. The second-order valence-corrected chi connectivity index (χ2v) is 7.34. The summed E-state index contributed by atoms with van der Waals surface area (Å²) in [5, 5.41) is 3.28. The van der Waals surface area contributed by atoms with Crippen molar-refractivity contribution in [2.24, 2.45) is 0 Å². The molecule has 2 aromatic rings. The molecule has 0 saturated carbocycles. The summed E-state index contributed by atoms with van der Waals surface area (Å²) >= 11 is 1.44. The van der Waals surface area contributed by atoms with Crippen LogP contribution in [0.5, 0.6) is 0 Å². The molecule has 0 unspecified atom stereocenters. The molecule has 1 aliphatic rings. The Hall–Kier alpha value is -2.67. The van der Waals surface area contributed by atoms with Gasteiger partial charge in [-0.2, -0.15) is 0 Å². The number of esters is 2. The van der Waals surface area contributed by atoms with Gasteiger partial charge in [-0.1, -0.05) is 18.2 Å². The van der Waals surface area contributed by atoms with E-state index in [0.717, 1.165) is 36.1 Å². The van der Waals surface area contributed by atoms with E-state index in [0.29, 0.717) is 16.1 Å². The van der Waals surface area contributed by atoms with E-state index in [1.165, 1.54) is 18.3 Å². The number of benzene rings is 1. The van der Waals surface area contributed by atoms with Crippen LogP contribution in [-0.4, -0.2) is 31.1 Å². The molecular weight excluding hydrogens is 366 g/mol. The van der Waals surface area contributed by atoms with Gasteiger partial charge in [0, 0.05) is 11.8 Å². The third kappa shape index (κ3) is 4.74. The summed E-state index contributed by atoms with van der Waals surface area (Å²) in [7, 11) is 0. The van der Waals surface area contributed by atoms with E-state index in [9.17, 15) is 14.4 Å². The highest BCUT2D eigenvalue weighted by Gasteiger charge is 2.27. The van der Waals surface area contributed by atoms with Crippen LogP contribution in [0.25, 0.3) is 0 Å². The van der Waals surface area contributed by atoms with Crippen LogP contribution in [0.4, 0.5) is 5.00 Å². The molecule has 1 amide bonds. The van der Waals surface area contributed by atoms with Crippen molar-refractivity contribution in [3.8, 4) is 0 Å². The van der Waals surface area contributed by atoms with Gasteiger partial charge in [-0.05, 0) is 43.4 Å². The topological polar surface area (TPSA) is 81.7 Å². The molecule has 1 aromatic carbocycles. The molecule has 27 heavy (non-hydrogen) atoms. The second kappa shape index (κ2) is 8.81. The molecule has 0 saturated heterocycles. The van der Waals surface area contributed by atoms with Gasteiger partial charge in [0.05, 0.1) is 11.1 Å². The number of aryl methyl sites for hydroxylation is 1. The monoisotopic (exact) mass is 387 g/mol. The molecule has 1 aliphatic carbocycles. The van der Waals surface area contributed by atoms with Crippen LogP contribution in [0.1, 0.15) is 50.9 Å². The minimum Gasteiger partial charge on any atom is -0.458 e. The first-order chi connectivity index (χ1) is 13.1. The fourth-order valence-electron chi connectivity index (χ4n) is 3.03. The van der Waals surface area contributed by atoms with Crippen molar-refractivity contribution in [2.45, 2.75) is 32.6 Å². The number of hydrogen-bond acceptors (Lipinski definition) is 6. The van der Waals surface area contributed by atoms with Gasteiger partial charge in [-0.3, -0.25) is 4.79 Å². The van der Waals surface area contributed by atoms with Gasteiger partial charge in [0.15, 0.2) is 0 Å². The number of ether oxygens (including phenoxy) is 2. The van der Waals surface area contributed by atoms with E-state index in [1.54, 1.807) is 24.3 Å². The van der Waals surface area contributed by atoms with Gasteiger partial charge in [-0.25, -0.2) is 9.59 Å². The molecule has 1 aromatic heterocycles. The highest BCUT2D eigenvalue weighted by Crippen LogP contribution is 2.38. The Balaban J connectivity index is 1.60. The first-order valence-corrected chi connectivity index (χ1v) is 9.69. The number of hydrogen-bond donors (Lipinski definition) is 1. The third-order valence-electron chi connectivity index (χ3n) is 4.22. The molecule has 0 bridgehead atoms. The Labute approximate surface area is 161 Å².